The Balaban J connectivity index is 1.68. The van der Waals surface area contributed by atoms with E-state index in [0.717, 1.165) is 11.0 Å². The second-order valence-electron chi connectivity index (χ2n) is 6.73. The summed E-state index contributed by atoms with van der Waals surface area (Å²) < 4.78 is 20.1. The lowest BCUT2D eigenvalue weighted by molar-refractivity contribution is -0.143. The van der Waals surface area contributed by atoms with Crippen molar-refractivity contribution >= 4 is 28.6 Å². The third-order valence-corrected chi connectivity index (χ3v) is 4.91. The van der Waals surface area contributed by atoms with Gasteiger partial charge in [0.25, 0.3) is 0 Å². The SMILES string of the molecule is CCOC(=O)Cn1c([C@@H]2CC(=O)N(c3ccc(F)cc3)C2)nc2ccccc21. The highest BCUT2D eigenvalue weighted by molar-refractivity contribution is 5.96. The van der Waals surface area contributed by atoms with Crippen molar-refractivity contribution in [2.24, 2.45) is 0 Å². The summed E-state index contributed by atoms with van der Waals surface area (Å²) in [4.78, 5) is 31.1. The number of ether oxygens (including phenoxy) is 1. The first kappa shape index (κ1) is 18.2. The molecule has 144 valence electrons. The second kappa shape index (κ2) is 7.42. The average Bonchev–Trinajstić information content (AvgIpc) is 3.24. The van der Waals surface area contributed by atoms with Crippen LogP contribution in [0.2, 0.25) is 0 Å². The molecule has 1 fully saturated rings. The molecule has 0 N–H and O–H groups in total. The van der Waals surface area contributed by atoms with E-state index >= 15 is 0 Å². The molecule has 0 radical (unpaired) electrons. The number of halogens is 1. The predicted molar refractivity (Wildman–Crippen MR) is 102 cm³/mol. The van der Waals surface area contributed by atoms with Crippen LogP contribution in [-0.4, -0.2) is 34.6 Å². The Bertz CT molecular complexity index is 1030. The largest absolute Gasteiger partial charge is 0.465 e. The number of nitrogens with zero attached hydrogens (tertiary/aromatic N) is 3. The van der Waals surface area contributed by atoms with Crippen molar-refractivity contribution in [3.8, 4) is 0 Å². The number of benzene rings is 2. The fourth-order valence-electron chi connectivity index (χ4n) is 3.66. The number of imidazole rings is 1. The molecule has 0 saturated carbocycles. The van der Waals surface area contributed by atoms with E-state index in [4.69, 9.17) is 9.72 Å². The molecule has 3 aromatic rings. The summed E-state index contributed by atoms with van der Waals surface area (Å²) in [6, 6.07) is 13.4. The van der Waals surface area contributed by atoms with Gasteiger partial charge in [-0.05, 0) is 43.3 Å². The number of esters is 1. The zero-order valence-electron chi connectivity index (χ0n) is 15.5. The normalized spacial score (nSPS) is 16.7. The summed E-state index contributed by atoms with van der Waals surface area (Å²) in [5.74, 6) is -0.215. The lowest BCUT2D eigenvalue weighted by atomic mass is 10.1. The Morgan fingerprint density at radius 2 is 1.96 bits per heavy atom. The van der Waals surface area contributed by atoms with Crippen molar-refractivity contribution in [3.63, 3.8) is 0 Å². The first-order valence-electron chi connectivity index (χ1n) is 9.23. The molecule has 6 nitrogen and oxygen atoms in total. The molecule has 1 saturated heterocycles. The van der Waals surface area contributed by atoms with Crippen molar-refractivity contribution in [1.82, 2.24) is 9.55 Å². The third-order valence-electron chi connectivity index (χ3n) is 4.91. The lowest BCUT2D eigenvalue weighted by Crippen LogP contribution is -2.24. The summed E-state index contributed by atoms with van der Waals surface area (Å²) in [6.45, 7) is 2.55. The van der Waals surface area contributed by atoms with E-state index in [2.05, 4.69) is 0 Å². The number of amides is 1. The zero-order chi connectivity index (χ0) is 19.7. The number of rotatable bonds is 5. The van der Waals surface area contributed by atoms with Crippen molar-refractivity contribution in [2.45, 2.75) is 25.8 Å². The van der Waals surface area contributed by atoms with Gasteiger partial charge in [0.2, 0.25) is 5.91 Å². The molecule has 1 aliphatic heterocycles. The molecule has 2 heterocycles. The highest BCUT2D eigenvalue weighted by atomic mass is 19.1. The molecule has 2 aromatic carbocycles. The van der Waals surface area contributed by atoms with E-state index < -0.39 is 0 Å². The van der Waals surface area contributed by atoms with Crippen LogP contribution < -0.4 is 4.90 Å². The number of aromatic nitrogens is 2. The Kier molecular flexibility index (Phi) is 4.81. The molecule has 0 aliphatic carbocycles. The maximum atomic E-state index is 13.2. The minimum Gasteiger partial charge on any atom is -0.465 e. The second-order valence-corrected chi connectivity index (χ2v) is 6.73. The summed E-state index contributed by atoms with van der Waals surface area (Å²) in [7, 11) is 0. The summed E-state index contributed by atoms with van der Waals surface area (Å²) in [6.07, 6.45) is 0.281. The van der Waals surface area contributed by atoms with E-state index in [0.29, 0.717) is 24.7 Å². The molecule has 1 aromatic heterocycles. The van der Waals surface area contributed by atoms with Crippen LogP contribution in [0.3, 0.4) is 0 Å². The fraction of sp³-hybridized carbons (Fsp3) is 0.286. The summed E-state index contributed by atoms with van der Waals surface area (Å²) in [5.41, 5.74) is 2.26. The van der Waals surface area contributed by atoms with Crippen molar-refractivity contribution < 1.29 is 18.7 Å². The quantitative estimate of drug-likeness (QED) is 0.637. The summed E-state index contributed by atoms with van der Waals surface area (Å²) in [5, 5.41) is 0. The van der Waals surface area contributed by atoms with Crippen molar-refractivity contribution in [3.05, 3.63) is 60.2 Å². The minimum absolute atomic E-state index is 0.0466. The van der Waals surface area contributed by atoms with Gasteiger partial charge >= 0.3 is 5.97 Å². The van der Waals surface area contributed by atoms with Gasteiger partial charge in [-0.2, -0.15) is 0 Å². The van der Waals surface area contributed by atoms with Gasteiger partial charge < -0.3 is 14.2 Å². The Hall–Kier alpha value is -3.22. The summed E-state index contributed by atoms with van der Waals surface area (Å²) >= 11 is 0. The van der Waals surface area contributed by atoms with E-state index in [9.17, 15) is 14.0 Å². The maximum absolute atomic E-state index is 13.2. The highest BCUT2D eigenvalue weighted by Gasteiger charge is 2.35. The van der Waals surface area contributed by atoms with Crippen molar-refractivity contribution in [2.75, 3.05) is 18.1 Å². The topological polar surface area (TPSA) is 64.4 Å². The number of anilines is 1. The van der Waals surface area contributed by atoms with E-state index in [1.54, 1.807) is 24.0 Å². The minimum atomic E-state index is -0.344. The van der Waals surface area contributed by atoms with E-state index in [1.807, 2.05) is 28.8 Å². The number of hydrogen-bond donors (Lipinski definition) is 0. The molecule has 0 spiro atoms. The molecule has 1 amide bonds. The molecule has 4 rings (SSSR count). The van der Waals surface area contributed by atoms with Crippen LogP contribution in [-0.2, 0) is 20.9 Å². The van der Waals surface area contributed by atoms with Crippen LogP contribution in [0.1, 0.15) is 25.1 Å². The number of hydrogen-bond acceptors (Lipinski definition) is 4. The van der Waals surface area contributed by atoms with Gasteiger partial charge in [0.05, 0.1) is 17.6 Å². The van der Waals surface area contributed by atoms with E-state index in [1.165, 1.54) is 12.1 Å². The van der Waals surface area contributed by atoms with Crippen LogP contribution >= 0.6 is 0 Å². The molecule has 28 heavy (non-hydrogen) atoms. The van der Waals surface area contributed by atoms with Gasteiger partial charge in [-0.1, -0.05) is 12.1 Å². The molecule has 7 heteroatoms. The monoisotopic (exact) mass is 381 g/mol. The molecule has 1 atom stereocenters. The zero-order valence-corrected chi connectivity index (χ0v) is 15.5. The highest BCUT2D eigenvalue weighted by Crippen LogP contribution is 2.33. The van der Waals surface area contributed by atoms with Crippen LogP contribution in [0, 0.1) is 5.82 Å². The van der Waals surface area contributed by atoms with Gasteiger partial charge in [0.1, 0.15) is 18.2 Å². The van der Waals surface area contributed by atoms with Crippen LogP contribution in [0.25, 0.3) is 11.0 Å². The number of fused-ring (bicyclic) bond motifs is 1. The predicted octanol–water partition coefficient (Wildman–Crippen LogP) is 3.26. The molecular formula is C21H20FN3O3. The number of para-hydroxylation sites is 2. The first-order chi connectivity index (χ1) is 13.6. The van der Waals surface area contributed by atoms with Gasteiger partial charge in [-0.15, -0.1) is 0 Å². The molecule has 0 unspecified atom stereocenters. The van der Waals surface area contributed by atoms with Gasteiger partial charge in [0, 0.05) is 24.6 Å². The fourth-order valence-corrected chi connectivity index (χ4v) is 3.66. The average molecular weight is 381 g/mol. The lowest BCUT2D eigenvalue weighted by Gasteiger charge is -2.17. The Morgan fingerprint density at radius 1 is 1.21 bits per heavy atom. The van der Waals surface area contributed by atoms with Gasteiger partial charge in [-0.25, -0.2) is 9.37 Å². The standard InChI is InChI=1S/C21H20FN3O3/c1-2-28-20(27)13-25-18-6-4-3-5-17(18)23-21(25)14-11-19(26)24(12-14)16-9-7-15(22)8-10-16/h3-10,14H,2,11-13H2,1H3/t14-/m1/s1. The molecule has 0 bridgehead atoms. The van der Waals surface area contributed by atoms with Crippen molar-refractivity contribution in [1.29, 1.82) is 0 Å². The Labute approximate surface area is 161 Å². The number of carbonyl (C=O) groups excluding carboxylic acids is 2. The first-order valence-corrected chi connectivity index (χ1v) is 9.23. The molecular weight excluding hydrogens is 361 g/mol. The van der Waals surface area contributed by atoms with Crippen LogP contribution in [0.5, 0.6) is 0 Å². The Morgan fingerprint density at radius 3 is 2.71 bits per heavy atom. The maximum Gasteiger partial charge on any atom is 0.326 e. The molecule has 1 aliphatic rings. The number of carbonyl (C=O) groups is 2. The van der Waals surface area contributed by atoms with Gasteiger partial charge in [-0.3, -0.25) is 9.59 Å². The van der Waals surface area contributed by atoms with Crippen LogP contribution in [0.4, 0.5) is 10.1 Å². The van der Waals surface area contributed by atoms with Gasteiger partial charge in [0.15, 0.2) is 0 Å². The third kappa shape index (κ3) is 3.35. The van der Waals surface area contributed by atoms with E-state index in [-0.39, 0.29) is 36.6 Å². The van der Waals surface area contributed by atoms with Crippen LogP contribution in [0.15, 0.2) is 48.5 Å². The smallest absolute Gasteiger partial charge is 0.326 e.